The smallest absolute Gasteiger partial charge is 0.240 e. The first-order valence-corrected chi connectivity index (χ1v) is 9.38. The van der Waals surface area contributed by atoms with Gasteiger partial charge in [0.15, 0.2) is 0 Å². The predicted molar refractivity (Wildman–Crippen MR) is 93.9 cm³/mol. The maximum Gasteiger partial charge on any atom is 0.240 e. The minimum Gasteiger partial charge on any atom is -0.350 e. The topological polar surface area (TPSA) is 75.3 Å². The highest BCUT2D eigenvalue weighted by Gasteiger charge is 2.15. The number of hydrogen-bond acceptors (Lipinski definition) is 3. The van der Waals surface area contributed by atoms with E-state index in [9.17, 15) is 17.6 Å². The highest BCUT2D eigenvalue weighted by atomic mass is 32.2. The van der Waals surface area contributed by atoms with Crippen LogP contribution in [0.3, 0.4) is 0 Å². The van der Waals surface area contributed by atoms with Gasteiger partial charge in [-0.15, -0.1) is 0 Å². The van der Waals surface area contributed by atoms with Crippen molar-refractivity contribution in [3.8, 4) is 0 Å². The lowest BCUT2D eigenvalue weighted by Gasteiger charge is -2.16. The second-order valence-corrected chi connectivity index (χ2v) is 7.51. The maximum absolute atomic E-state index is 12.9. The second kappa shape index (κ2) is 8.22. The Morgan fingerprint density at radius 3 is 2.40 bits per heavy atom. The van der Waals surface area contributed by atoms with E-state index in [0.717, 1.165) is 23.3 Å². The monoisotopic (exact) mass is 364 g/mol. The summed E-state index contributed by atoms with van der Waals surface area (Å²) in [6, 6.07) is 12.1. The number of nitrogens with one attached hydrogen (secondary N) is 2. The van der Waals surface area contributed by atoms with Crippen LogP contribution in [-0.2, 0) is 14.8 Å². The number of carbonyl (C=O) groups is 1. The van der Waals surface area contributed by atoms with Crippen LogP contribution in [0.4, 0.5) is 4.39 Å². The molecule has 7 heteroatoms. The number of benzene rings is 2. The van der Waals surface area contributed by atoms with Gasteiger partial charge in [-0.2, -0.15) is 0 Å². The molecule has 1 unspecified atom stereocenters. The summed E-state index contributed by atoms with van der Waals surface area (Å²) in [4.78, 5) is 12.0. The molecule has 0 aromatic heterocycles. The maximum atomic E-state index is 12.9. The van der Waals surface area contributed by atoms with Gasteiger partial charge in [0.05, 0.1) is 10.9 Å². The molecule has 0 heterocycles. The third-order valence-electron chi connectivity index (χ3n) is 3.80. The zero-order valence-corrected chi connectivity index (χ0v) is 14.9. The lowest BCUT2D eigenvalue weighted by molar-refractivity contribution is -0.121. The molecular weight excluding hydrogens is 343 g/mol. The highest BCUT2D eigenvalue weighted by Crippen LogP contribution is 2.16. The number of sulfonamides is 1. The average molecular weight is 364 g/mol. The molecule has 2 aromatic carbocycles. The molecule has 0 aliphatic carbocycles. The summed E-state index contributed by atoms with van der Waals surface area (Å²) in [5.74, 6) is -0.763. The first kappa shape index (κ1) is 19.1. The zero-order chi connectivity index (χ0) is 18.4. The molecule has 0 fully saturated rings. The van der Waals surface area contributed by atoms with E-state index in [1.165, 1.54) is 12.1 Å². The van der Waals surface area contributed by atoms with Gasteiger partial charge in [0.1, 0.15) is 5.82 Å². The first-order chi connectivity index (χ1) is 11.8. The minimum absolute atomic E-state index is 0.0106. The van der Waals surface area contributed by atoms with E-state index in [1.54, 1.807) is 0 Å². The Morgan fingerprint density at radius 1 is 1.12 bits per heavy atom. The van der Waals surface area contributed by atoms with Gasteiger partial charge in [-0.25, -0.2) is 17.5 Å². The van der Waals surface area contributed by atoms with Crippen molar-refractivity contribution < 1.29 is 17.6 Å². The molecule has 0 bridgehead atoms. The summed E-state index contributed by atoms with van der Waals surface area (Å²) in [7, 11) is -3.76. The lowest BCUT2D eigenvalue weighted by atomic mass is 10.0. The van der Waals surface area contributed by atoms with E-state index >= 15 is 0 Å². The molecule has 2 N–H and O–H groups in total. The number of carbonyl (C=O) groups excluding carboxylic acids is 1. The van der Waals surface area contributed by atoms with E-state index in [2.05, 4.69) is 10.0 Å². The van der Waals surface area contributed by atoms with Crippen molar-refractivity contribution in [1.29, 1.82) is 0 Å². The van der Waals surface area contributed by atoms with Crippen molar-refractivity contribution in [2.75, 3.05) is 6.54 Å². The van der Waals surface area contributed by atoms with Crippen LogP contribution in [0.5, 0.6) is 0 Å². The lowest BCUT2D eigenvalue weighted by Crippen LogP contribution is -2.32. The molecule has 0 aliphatic rings. The van der Waals surface area contributed by atoms with E-state index in [-0.39, 0.29) is 29.8 Å². The fourth-order valence-electron chi connectivity index (χ4n) is 2.46. The number of amides is 1. The Morgan fingerprint density at radius 2 is 1.76 bits per heavy atom. The molecule has 5 nitrogen and oxygen atoms in total. The van der Waals surface area contributed by atoms with E-state index < -0.39 is 15.8 Å². The summed E-state index contributed by atoms with van der Waals surface area (Å²) in [6.45, 7) is 3.81. The van der Waals surface area contributed by atoms with E-state index in [4.69, 9.17) is 0 Å². The van der Waals surface area contributed by atoms with Crippen molar-refractivity contribution in [3.05, 3.63) is 65.5 Å². The van der Waals surface area contributed by atoms with Crippen LogP contribution in [0.25, 0.3) is 0 Å². The summed E-state index contributed by atoms with van der Waals surface area (Å²) in [5, 5.41) is 2.85. The number of rotatable bonds is 7. The summed E-state index contributed by atoms with van der Waals surface area (Å²) < 4.78 is 39.3. The molecule has 0 aliphatic heterocycles. The molecule has 2 rings (SSSR count). The molecule has 25 heavy (non-hydrogen) atoms. The molecule has 0 saturated carbocycles. The van der Waals surface area contributed by atoms with Gasteiger partial charge in [0.25, 0.3) is 0 Å². The molecule has 1 atom stereocenters. The Labute approximate surface area is 147 Å². The van der Waals surface area contributed by atoms with Crippen molar-refractivity contribution in [3.63, 3.8) is 0 Å². The van der Waals surface area contributed by atoms with Crippen LogP contribution in [0.2, 0.25) is 0 Å². The van der Waals surface area contributed by atoms with Crippen molar-refractivity contribution in [1.82, 2.24) is 10.0 Å². The van der Waals surface area contributed by atoms with Crippen LogP contribution in [-0.4, -0.2) is 20.9 Å². The average Bonchev–Trinajstić information content (AvgIpc) is 2.55. The van der Waals surface area contributed by atoms with Gasteiger partial charge in [-0.3, -0.25) is 4.79 Å². The zero-order valence-electron chi connectivity index (χ0n) is 14.1. The van der Waals surface area contributed by atoms with Gasteiger partial charge in [0.2, 0.25) is 15.9 Å². The van der Waals surface area contributed by atoms with Gasteiger partial charge in [0, 0.05) is 13.0 Å². The first-order valence-electron chi connectivity index (χ1n) is 7.90. The fourth-order valence-corrected chi connectivity index (χ4v) is 3.49. The third kappa shape index (κ3) is 5.37. The number of hydrogen-bond donors (Lipinski definition) is 2. The highest BCUT2D eigenvalue weighted by molar-refractivity contribution is 7.89. The minimum atomic E-state index is -3.76. The van der Waals surface area contributed by atoms with E-state index in [0.29, 0.717) is 0 Å². The summed E-state index contributed by atoms with van der Waals surface area (Å²) in [6.07, 6.45) is 0.0106. The van der Waals surface area contributed by atoms with Crippen molar-refractivity contribution >= 4 is 15.9 Å². The number of aryl methyl sites for hydroxylation is 1. The van der Waals surface area contributed by atoms with Crippen molar-refractivity contribution in [2.45, 2.75) is 31.2 Å². The summed E-state index contributed by atoms with van der Waals surface area (Å²) in [5.41, 5.74) is 2.09. The van der Waals surface area contributed by atoms with Crippen LogP contribution in [0.15, 0.2) is 53.4 Å². The molecular formula is C18H21FN2O3S. The van der Waals surface area contributed by atoms with Crippen LogP contribution in [0, 0.1) is 12.7 Å². The Bertz CT molecular complexity index is 836. The molecule has 1 amide bonds. The van der Waals surface area contributed by atoms with Gasteiger partial charge in [-0.1, -0.05) is 24.3 Å². The predicted octanol–water partition coefficient (Wildman–Crippen LogP) is 2.68. The van der Waals surface area contributed by atoms with Crippen LogP contribution < -0.4 is 10.0 Å². The molecule has 0 spiro atoms. The molecule has 0 saturated heterocycles. The SMILES string of the molecule is Cc1ccccc1C(C)NC(=O)CCNS(=O)(=O)c1ccc(F)cc1. The Hall–Kier alpha value is -2.25. The second-order valence-electron chi connectivity index (χ2n) is 5.75. The van der Waals surface area contributed by atoms with E-state index in [1.807, 2.05) is 38.1 Å². The molecule has 0 radical (unpaired) electrons. The van der Waals surface area contributed by atoms with Crippen LogP contribution >= 0.6 is 0 Å². The van der Waals surface area contributed by atoms with Gasteiger partial charge < -0.3 is 5.32 Å². The quantitative estimate of drug-likeness (QED) is 0.793. The van der Waals surface area contributed by atoms with Crippen molar-refractivity contribution in [2.24, 2.45) is 0 Å². The summed E-state index contributed by atoms with van der Waals surface area (Å²) >= 11 is 0. The van der Waals surface area contributed by atoms with Gasteiger partial charge >= 0.3 is 0 Å². The molecule has 2 aromatic rings. The largest absolute Gasteiger partial charge is 0.350 e. The normalized spacial score (nSPS) is 12.6. The standard InChI is InChI=1S/C18H21FN2O3S/c1-13-5-3-4-6-17(13)14(2)21-18(22)11-12-20-25(23,24)16-9-7-15(19)8-10-16/h3-10,14,20H,11-12H2,1-2H3,(H,21,22). The van der Waals surface area contributed by atoms with Crippen LogP contribution in [0.1, 0.15) is 30.5 Å². The third-order valence-corrected chi connectivity index (χ3v) is 5.28. The Balaban J connectivity index is 1.86. The Kier molecular flexibility index (Phi) is 6.27. The fraction of sp³-hybridized carbons (Fsp3) is 0.278. The van der Waals surface area contributed by atoms with Gasteiger partial charge in [-0.05, 0) is 49.2 Å². The molecule has 134 valence electrons. The number of halogens is 1.